The molecule has 2 aliphatic rings. The first-order chi connectivity index (χ1) is 15.3. The molecule has 0 spiro atoms. The number of aryl methyl sites for hydroxylation is 1. The van der Waals surface area contributed by atoms with E-state index in [-0.39, 0.29) is 24.0 Å². The molecule has 1 unspecified atom stereocenters. The minimum absolute atomic E-state index is 0. The van der Waals surface area contributed by atoms with Gasteiger partial charge in [0.1, 0.15) is 0 Å². The van der Waals surface area contributed by atoms with Crippen LogP contribution in [0.5, 0.6) is 0 Å². The number of guanidine groups is 1. The summed E-state index contributed by atoms with van der Waals surface area (Å²) in [4.78, 5) is 6.90. The highest BCUT2D eigenvalue weighted by Crippen LogP contribution is 2.21. The Kier molecular flexibility index (Phi) is 13.5. The van der Waals surface area contributed by atoms with Crippen molar-refractivity contribution in [2.24, 2.45) is 10.9 Å². The van der Waals surface area contributed by atoms with Gasteiger partial charge in [-0.05, 0) is 37.7 Å². The smallest absolute Gasteiger partial charge is 0.191 e. The molecule has 0 aromatic heterocycles. The van der Waals surface area contributed by atoms with Gasteiger partial charge in [-0.3, -0.25) is 9.89 Å². The third kappa shape index (κ3) is 9.51. The number of benzene rings is 1. The Morgan fingerprint density at radius 3 is 2.47 bits per heavy atom. The van der Waals surface area contributed by atoms with E-state index in [9.17, 15) is 0 Å². The Morgan fingerprint density at radius 1 is 1.09 bits per heavy atom. The highest BCUT2D eigenvalue weighted by molar-refractivity contribution is 14.0. The van der Waals surface area contributed by atoms with Gasteiger partial charge in [-0.15, -0.1) is 24.0 Å². The fourth-order valence-corrected chi connectivity index (χ4v) is 4.09. The van der Waals surface area contributed by atoms with Crippen molar-refractivity contribution in [3.05, 3.63) is 35.4 Å². The van der Waals surface area contributed by atoms with Crippen LogP contribution in [0.3, 0.4) is 0 Å². The van der Waals surface area contributed by atoms with Crippen molar-refractivity contribution >= 4 is 29.9 Å². The third-order valence-electron chi connectivity index (χ3n) is 6.09. The van der Waals surface area contributed by atoms with Crippen molar-refractivity contribution in [1.29, 1.82) is 0 Å². The molecule has 2 fully saturated rings. The van der Waals surface area contributed by atoms with Gasteiger partial charge in [0.15, 0.2) is 5.96 Å². The molecule has 3 rings (SSSR count). The molecule has 0 aliphatic carbocycles. The lowest BCUT2D eigenvalue weighted by Crippen LogP contribution is -2.46. The van der Waals surface area contributed by atoms with Gasteiger partial charge < -0.3 is 24.8 Å². The van der Waals surface area contributed by atoms with Gasteiger partial charge in [-0.25, -0.2) is 0 Å². The fourth-order valence-electron chi connectivity index (χ4n) is 4.09. The van der Waals surface area contributed by atoms with Crippen molar-refractivity contribution in [3.8, 4) is 0 Å². The molecule has 0 saturated carbocycles. The molecule has 2 aliphatic heterocycles. The summed E-state index contributed by atoms with van der Waals surface area (Å²) in [7, 11) is 1.83. The van der Waals surface area contributed by atoms with E-state index in [1.165, 1.54) is 11.1 Å². The van der Waals surface area contributed by atoms with Gasteiger partial charge in [-0.2, -0.15) is 0 Å². The number of morpholine rings is 1. The molecule has 1 aromatic rings. The zero-order valence-corrected chi connectivity index (χ0v) is 22.0. The standard InChI is InChI=1S/C24H40N4O3.HI/c1-20-4-6-22(7-5-20)23(28-11-16-30-17-12-28)18-27-24(25-2)26-10-3-13-31-19-21-8-14-29-15-9-21;/h4-7,21,23H,3,8-19H2,1-2H3,(H2,25,26,27);1H. The average Bonchev–Trinajstić information content (AvgIpc) is 2.82. The minimum atomic E-state index is 0. The number of nitrogens with zero attached hydrogens (tertiary/aromatic N) is 2. The van der Waals surface area contributed by atoms with Gasteiger partial charge in [0.2, 0.25) is 0 Å². The monoisotopic (exact) mass is 560 g/mol. The van der Waals surface area contributed by atoms with E-state index in [1.54, 1.807) is 0 Å². The lowest BCUT2D eigenvalue weighted by molar-refractivity contribution is 0.0169. The zero-order valence-electron chi connectivity index (χ0n) is 19.7. The quantitative estimate of drug-likeness (QED) is 0.199. The number of aliphatic imine (C=N–C) groups is 1. The van der Waals surface area contributed by atoms with Crippen LogP contribution in [0.2, 0.25) is 0 Å². The van der Waals surface area contributed by atoms with Crippen molar-refractivity contribution in [3.63, 3.8) is 0 Å². The number of hydrogen-bond acceptors (Lipinski definition) is 5. The minimum Gasteiger partial charge on any atom is -0.381 e. The molecule has 7 nitrogen and oxygen atoms in total. The second-order valence-corrected chi connectivity index (χ2v) is 8.44. The molecule has 8 heteroatoms. The van der Waals surface area contributed by atoms with Crippen molar-refractivity contribution in [2.45, 2.75) is 32.2 Å². The first-order valence-electron chi connectivity index (χ1n) is 11.7. The molecule has 2 N–H and O–H groups in total. The SMILES string of the molecule is CN=C(NCCCOCC1CCOCC1)NCC(c1ccc(C)cc1)N1CCOCC1.I. The highest BCUT2D eigenvalue weighted by Gasteiger charge is 2.23. The summed E-state index contributed by atoms with van der Waals surface area (Å²) in [5.41, 5.74) is 2.62. The second kappa shape index (κ2) is 15.8. The number of halogens is 1. The number of rotatable bonds is 10. The molecule has 1 atom stereocenters. The fraction of sp³-hybridized carbons (Fsp3) is 0.708. The topological polar surface area (TPSA) is 67.4 Å². The van der Waals surface area contributed by atoms with E-state index in [2.05, 4.69) is 51.7 Å². The van der Waals surface area contributed by atoms with E-state index < -0.39 is 0 Å². The molecule has 2 heterocycles. The van der Waals surface area contributed by atoms with Crippen molar-refractivity contribution in [1.82, 2.24) is 15.5 Å². The first-order valence-corrected chi connectivity index (χ1v) is 11.7. The Balaban J connectivity index is 0.00000363. The summed E-state index contributed by atoms with van der Waals surface area (Å²) in [6.45, 7) is 10.7. The Labute approximate surface area is 210 Å². The lowest BCUT2D eigenvalue weighted by Gasteiger charge is -2.35. The van der Waals surface area contributed by atoms with E-state index in [0.29, 0.717) is 12.0 Å². The van der Waals surface area contributed by atoms with Crippen LogP contribution < -0.4 is 10.6 Å². The largest absolute Gasteiger partial charge is 0.381 e. The van der Waals surface area contributed by atoms with Gasteiger partial charge in [0.05, 0.1) is 19.3 Å². The van der Waals surface area contributed by atoms with Crippen LogP contribution in [0.1, 0.15) is 36.4 Å². The molecule has 0 bridgehead atoms. The summed E-state index contributed by atoms with van der Waals surface area (Å²) in [5, 5.41) is 6.95. The summed E-state index contributed by atoms with van der Waals surface area (Å²) < 4.78 is 16.8. The first kappa shape index (κ1) is 27.3. The Morgan fingerprint density at radius 2 is 1.78 bits per heavy atom. The maximum absolute atomic E-state index is 5.86. The molecular formula is C24H41IN4O3. The molecular weight excluding hydrogens is 519 g/mol. The Hall–Kier alpha value is -0.940. The number of hydrogen-bond donors (Lipinski definition) is 2. The van der Waals surface area contributed by atoms with Crippen molar-refractivity contribution < 1.29 is 14.2 Å². The molecule has 32 heavy (non-hydrogen) atoms. The van der Waals surface area contributed by atoms with Crippen LogP contribution >= 0.6 is 24.0 Å². The molecule has 0 radical (unpaired) electrons. The molecule has 0 amide bonds. The molecule has 1 aromatic carbocycles. The van der Waals surface area contributed by atoms with Crippen LogP contribution in [0.25, 0.3) is 0 Å². The van der Waals surface area contributed by atoms with Crippen LogP contribution in [0.15, 0.2) is 29.3 Å². The van der Waals surface area contributed by atoms with Gasteiger partial charge in [0, 0.05) is 59.7 Å². The van der Waals surface area contributed by atoms with Crippen LogP contribution in [0.4, 0.5) is 0 Å². The summed E-state index contributed by atoms with van der Waals surface area (Å²) in [6.07, 6.45) is 3.22. The molecule has 182 valence electrons. The third-order valence-corrected chi connectivity index (χ3v) is 6.09. The summed E-state index contributed by atoms with van der Waals surface area (Å²) in [6, 6.07) is 9.16. The van der Waals surface area contributed by atoms with E-state index >= 15 is 0 Å². The Bertz CT molecular complexity index is 647. The number of nitrogens with one attached hydrogen (secondary N) is 2. The maximum Gasteiger partial charge on any atom is 0.191 e. The van der Waals surface area contributed by atoms with Crippen molar-refractivity contribution in [2.75, 3.05) is 72.9 Å². The summed E-state index contributed by atoms with van der Waals surface area (Å²) >= 11 is 0. The van der Waals surface area contributed by atoms with Gasteiger partial charge in [-0.1, -0.05) is 29.8 Å². The lowest BCUT2D eigenvalue weighted by atomic mass is 10.0. The second-order valence-electron chi connectivity index (χ2n) is 8.44. The predicted octanol–water partition coefficient (Wildman–Crippen LogP) is 2.98. The predicted molar refractivity (Wildman–Crippen MR) is 140 cm³/mol. The van der Waals surface area contributed by atoms with Crippen LogP contribution in [-0.2, 0) is 14.2 Å². The zero-order chi connectivity index (χ0) is 21.7. The van der Waals surface area contributed by atoms with Crippen LogP contribution in [-0.4, -0.2) is 83.7 Å². The normalized spacial score (nSPS) is 19.2. The van der Waals surface area contributed by atoms with Crippen LogP contribution in [0, 0.1) is 12.8 Å². The van der Waals surface area contributed by atoms with Gasteiger partial charge in [0.25, 0.3) is 0 Å². The number of ether oxygens (including phenoxy) is 3. The molecule has 2 saturated heterocycles. The van der Waals surface area contributed by atoms with E-state index in [1.807, 2.05) is 7.05 Å². The summed E-state index contributed by atoms with van der Waals surface area (Å²) in [5.74, 6) is 1.50. The highest BCUT2D eigenvalue weighted by atomic mass is 127. The van der Waals surface area contributed by atoms with E-state index in [0.717, 1.165) is 91.0 Å². The average molecular weight is 561 g/mol. The maximum atomic E-state index is 5.86. The van der Waals surface area contributed by atoms with E-state index in [4.69, 9.17) is 14.2 Å². The van der Waals surface area contributed by atoms with Gasteiger partial charge >= 0.3 is 0 Å².